The van der Waals surface area contributed by atoms with Gasteiger partial charge in [-0.05, 0) is 51.6 Å². The molecule has 0 aromatic rings. The maximum atomic E-state index is 2.70. The smallest absolute Gasteiger partial charge is 0.00952 e. The van der Waals surface area contributed by atoms with Gasteiger partial charge >= 0.3 is 0 Å². The molecule has 0 aromatic carbocycles. The van der Waals surface area contributed by atoms with Gasteiger partial charge < -0.3 is 4.90 Å². The first-order valence-electron chi connectivity index (χ1n) is 5.02. The topological polar surface area (TPSA) is 3.24 Å². The van der Waals surface area contributed by atoms with Crippen molar-refractivity contribution in [1.29, 1.82) is 0 Å². The number of likely N-dealkylation sites (tertiary alicyclic amines) is 1. The van der Waals surface area contributed by atoms with Crippen LogP contribution in [0.25, 0.3) is 0 Å². The van der Waals surface area contributed by atoms with Crippen LogP contribution >= 0.6 is 0 Å². The largest absolute Gasteiger partial charge is 0.300 e. The lowest BCUT2D eigenvalue weighted by Gasteiger charge is -2.36. The molecular weight excluding hydrogens is 134 g/mol. The average Bonchev–Trinajstić information content (AvgIpc) is 2.12. The summed E-state index contributed by atoms with van der Waals surface area (Å²) in [5.74, 6) is 0. The molecule has 0 unspecified atom stereocenters. The zero-order chi connectivity index (χ0) is 7.52. The number of hydrogen-bond donors (Lipinski definition) is 0. The minimum Gasteiger partial charge on any atom is -0.300 e. The van der Waals surface area contributed by atoms with Gasteiger partial charge in [0.05, 0.1) is 0 Å². The van der Waals surface area contributed by atoms with E-state index in [1.807, 2.05) is 0 Å². The van der Waals surface area contributed by atoms with Crippen molar-refractivity contribution in [2.75, 3.05) is 13.1 Å². The van der Waals surface area contributed by atoms with Crippen molar-refractivity contribution < 1.29 is 0 Å². The molecule has 1 nitrogen and oxygen atoms in total. The maximum Gasteiger partial charge on any atom is 0.00952 e. The molecule has 2 aliphatic rings. The number of hydrogen-bond acceptors (Lipinski definition) is 1. The molecule has 1 saturated carbocycles. The predicted molar refractivity (Wildman–Crippen MR) is 47.4 cm³/mol. The van der Waals surface area contributed by atoms with E-state index in [-0.39, 0.29) is 0 Å². The molecule has 1 heterocycles. The second kappa shape index (κ2) is 3.57. The van der Waals surface area contributed by atoms with E-state index >= 15 is 0 Å². The van der Waals surface area contributed by atoms with Crippen molar-refractivity contribution in [3.8, 4) is 0 Å². The molecule has 63 valence electrons. The monoisotopic (exact) mass is 152 g/mol. The second-order valence-electron chi connectivity index (χ2n) is 3.84. The Labute approximate surface area is 69.8 Å². The van der Waals surface area contributed by atoms with Crippen molar-refractivity contribution in [2.24, 2.45) is 0 Å². The minimum absolute atomic E-state index is 0.974. The number of rotatable bonds is 1. The highest BCUT2D eigenvalue weighted by Crippen LogP contribution is 2.26. The molecule has 0 aromatic heterocycles. The first kappa shape index (κ1) is 7.60. The highest BCUT2D eigenvalue weighted by molar-refractivity contribution is 4.83. The van der Waals surface area contributed by atoms with Gasteiger partial charge in [-0.1, -0.05) is 6.42 Å². The molecule has 11 heavy (non-hydrogen) atoms. The fourth-order valence-electron chi connectivity index (χ4n) is 2.07. The van der Waals surface area contributed by atoms with E-state index in [1.54, 1.807) is 0 Å². The first-order chi connectivity index (χ1) is 5.47. The SMILES string of the molecule is [CH]1CCCN(C2CCC2)CC1. The van der Waals surface area contributed by atoms with Gasteiger partial charge in [0.2, 0.25) is 0 Å². The van der Waals surface area contributed by atoms with Gasteiger partial charge in [-0.3, -0.25) is 0 Å². The lowest BCUT2D eigenvalue weighted by Crippen LogP contribution is -2.40. The Morgan fingerprint density at radius 3 is 2.64 bits per heavy atom. The van der Waals surface area contributed by atoms with Gasteiger partial charge in [0, 0.05) is 6.04 Å². The van der Waals surface area contributed by atoms with Crippen LogP contribution in [-0.2, 0) is 0 Å². The summed E-state index contributed by atoms with van der Waals surface area (Å²) >= 11 is 0. The Bertz CT molecular complexity index is 110. The van der Waals surface area contributed by atoms with Gasteiger partial charge in [0.1, 0.15) is 0 Å². The zero-order valence-corrected chi connectivity index (χ0v) is 7.26. The first-order valence-corrected chi connectivity index (χ1v) is 5.02. The van der Waals surface area contributed by atoms with E-state index in [9.17, 15) is 0 Å². The highest BCUT2D eigenvalue weighted by Gasteiger charge is 2.24. The summed E-state index contributed by atoms with van der Waals surface area (Å²) in [5, 5.41) is 0. The lowest BCUT2D eigenvalue weighted by atomic mass is 9.91. The fourth-order valence-corrected chi connectivity index (χ4v) is 2.07. The van der Waals surface area contributed by atoms with Gasteiger partial charge in [-0.25, -0.2) is 0 Å². The molecule has 0 atom stereocenters. The second-order valence-corrected chi connectivity index (χ2v) is 3.84. The lowest BCUT2D eigenvalue weighted by molar-refractivity contribution is 0.133. The Kier molecular flexibility index (Phi) is 2.47. The molecule has 0 spiro atoms. The molecule has 1 heteroatoms. The molecule has 1 saturated heterocycles. The highest BCUT2D eigenvalue weighted by atomic mass is 15.2. The molecule has 0 N–H and O–H groups in total. The quantitative estimate of drug-likeness (QED) is 0.557. The molecule has 2 fully saturated rings. The molecule has 2 rings (SSSR count). The summed E-state index contributed by atoms with van der Waals surface area (Å²) in [5.41, 5.74) is 0. The van der Waals surface area contributed by atoms with E-state index in [1.165, 1.54) is 51.6 Å². The normalized spacial score (nSPS) is 29.5. The predicted octanol–water partition coefficient (Wildman–Crippen LogP) is 2.23. The van der Waals surface area contributed by atoms with Crippen molar-refractivity contribution in [2.45, 2.75) is 44.6 Å². The van der Waals surface area contributed by atoms with Crippen LogP contribution in [0.2, 0.25) is 0 Å². The summed E-state index contributed by atoms with van der Waals surface area (Å²) in [6.45, 7) is 2.70. The van der Waals surface area contributed by atoms with Crippen LogP contribution in [0.1, 0.15) is 38.5 Å². The van der Waals surface area contributed by atoms with Crippen LogP contribution in [0.3, 0.4) is 0 Å². The van der Waals surface area contributed by atoms with Crippen molar-refractivity contribution in [3.63, 3.8) is 0 Å². The maximum absolute atomic E-state index is 2.70. The van der Waals surface area contributed by atoms with Crippen molar-refractivity contribution in [3.05, 3.63) is 6.42 Å². The fraction of sp³-hybridized carbons (Fsp3) is 0.900. The van der Waals surface area contributed by atoms with Crippen molar-refractivity contribution in [1.82, 2.24) is 4.90 Å². The van der Waals surface area contributed by atoms with Crippen molar-refractivity contribution >= 4 is 0 Å². The van der Waals surface area contributed by atoms with Crippen LogP contribution in [0, 0.1) is 6.42 Å². The van der Waals surface area contributed by atoms with Gasteiger partial charge in [0.15, 0.2) is 0 Å². The minimum atomic E-state index is 0.974. The third-order valence-electron chi connectivity index (χ3n) is 3.07. The van der Waals surface area contributed by atoms with Crippen LogP contribution in [0.15, 0.2) is 0 Å². The van der Waals surface area contributed by atoms with E-state index in [2.05, 4.69) is 11.3 Å². The van der Waals surface area contributed by atoms with Gasteiger partial charge in [-0.15, -0.1) is 0 Å². The molecular formula is C10H18N. The Morgan fingerprint density at radius 2 is 1.91 bits per heavy atom. The molecule has 0 amide bonds. The Morgan fingerprint density at radius 1 is 1.00 bits per heavy atom. The standard InChI is InChI=1S/C10H18N/c1-2-4-9-11(8-3-1)10-6-5-7-10/h1,10H,2-9H2. The van der Waals surface area contributed by atoms with E-state index in [4.69, 9.17) is 0 Å². The van der Waals surface area contributed by atoms with Crippen LogP contribution in [-0.4, -0.2) is 24.0 Å². The van der Waals surface area contributed by atoms with E-state index in [0.29, 0.717) is 0 Å². The Hall–Kier alpha value is -0.0400. The molecule has 0 bridgehead atoms. The average molecular weight is 152 g/mol. The van der Waals surface area contributed by atoms with Gasteiger partial charge in [0.25, 0.3) is 0 Å². The van der Waals surface area contributed by atoms with E-state index in [0.717, 1.165) is 6.04 Å². The molecule has 1 aliphatic carbocycles. The third-order valence-corrected chi connectivity index (χ3v) is 3.07. The Balaban J connectivity index is 1.80. The molecule has 1 aliphatic heterocycles. The van der Waals surface area contributed by atoms with Crippen LogP contribution in [0.4, 0.5) is 0 Å². The third kappa shape index (κ3) is 1.76. The summed E-state index contributed by atoms with van der Waals surface area (Å²) in [4.78, 5) is 2.70. The van der Waals surface area contributed by atoms with E-state index < -0.39 is 0 Å². The summed E-state index contributed by atoms with van der Waals surface area (Å²) < 4.78 is 0. The van der Waals surface area contributed by atoms with Crippen LogP contribution < -0.4 is 0 Å². The molecule has 1 radical (unpaired) electrons. The number of nitrogens with zero attached hydrogens (tertiary/aromatic N) is 1. The summed E-state index contributed by atoms with van der Waals surface area (Å²) in [6, 6.07) is 0.974. The zero-order valence-electron chi connectivity index (χ0n) is 7.26. The summed E-state index contributed by atoms with van der Waals surface area (Å²) in [6.07, 6.45) is 11.0. The van der Waals surface area contributed by atoms with Crippen LogP contribution in [0.5, 0.6) is 0 Å². The summed E-state index contributed by atoms with van der Waals surface area (Å²) in [7, 11) is 0. The van der Waals surface area contributed by atoms with Gasteiger partial charge in [-0.2, -0.15) is 0 Å².